The number of ether oxygens (including phenoxy) is 3. The first-order valence-electron chi connectivity index (χ1n) is 8.59. The van der Waals surface area contributed by atoms with Gasteiger partial charge in [0.1, 0.15) is 17.3 Å². The van der Waals surface area contributed by atoms with Crippen LogP contribution in [-0.2, 0) is 4.74 Å². The van der Waals surface area contributed by atoms with Crippen LogP contribution in [0.25, 0.3) is 22.3 Å². The maximum atomic E-state index is 12.6. The summed E-state index contributed by atoms with van der Waals surface area (Å²) < 4.78 is 15.9. The lowest BCUT2D eigenvalue weighted by atomic mass is 10.1. The van der Waals surface area contributed by atoms with Crippen LogP contribution in [0.5, 0.6) is 11.5 Å². The molecule has 0 atom stereocenters. The second kappa shape index (κ2) is 7.90. The molecule has 7 nitrogen and oxygen atoms in total. The van der Waals surface area contributed by atoms with Crippen LogP contribution in [0.4, 0.5) is 0 Å². The monoisotopic (exact) mass is 368 g/mol. The fourth-order valence-electron chi connectivity index (χ4n) is 2.71. The second-order valence-electron chi connectivity index (χ2n) is 5.66. The van der Waals surface area contributed by atoms with Crippen molar-refractivity contribution in [2.75, 3.05) is 20.3 Å². The van der Waals surface area contributed by atoms with Crippen LogP contribution in [0.2, 0.25) is 0 Å². The van der Waals surface area contributed by atoms with Gasteiger partial charge in [0.15, 0.2) is 0 Å². The van der Waals surface area contributed by atoms with Crippen LogP contribution in [0.1, 0.15) is 24.2 Å². The molecule has 3 rings (SSSR count). The molecule has 140 valence electrons. The Kier molecular flexibility index (Phi) is 5.40. The summed E-state index contributed by atoms with van der Waals surface area (Å²) in [6.07, 6.45) is 0. The molecule has 0 aliphatic rings. The summed E-state index contributed by atoms with van der Waals surface area (Å²) in [7, 11) is 1.56. The SMILES string of the molecule is CCOC(=O)c1ccc2nc(-c3cc(OC)ccc3OCC)[nH]c(=O)c2c1. The number of fused-ring (bicyclic) bond motifs is 1. The molecule has 0 saturated carbocycles. The zero-order chi connectivity index (χ0) is 19.4. The number of hydrogen-bond acceptors (Lipinski definition) is 6. The summed E-state index contributed by atoms with van der Waals surface area (Å²) in [5.41, 5.74) is 1.03. The molecule has 7 heteroatoms. The highest BCUT2D eigenvalue weighted by atomic mass is 16.5. The third-order valence-electron chi connectivity index (χ3n) is 3.96. The van der Waals surface area contributed by atoms with Gasteiger partial charge in [-0.05, 0) is 50.2 Å². The minimum atomic E-state index is -0.477. The average molecular weight is 368 g/mol. The van der Waals surface area contributed by atoms with Gasteiger partial charge in [-0.1, -0.05) is 0 Å². The summed E-state index contributed by atoms with van der Waals surface area (Å²) in [4.78, 5) is 31.8. The number of aromatic nitrogens is 2. The van der Waals surface area contributed by atoms with Crippen molar-refractivity contribution < 1.29 is 19.0 Å². The fraction of sp³-hybridized carbons (Fsp3) is 0.250. The maximum absolute atomic E-state index is 12.6. The van der Waals surface area contributed by atoms with E-state index >= 15 is 0 Å². The van der Waals surface area contributed by atoms with Crippen molar-refractivity contribution in [2.45, 2.75) is 13.8 Å². The number of benzene rings is 2. The van der Waals surface area contributed by atoms with Gasteiger partial charge in [0.25, 0.3) is 5.56 Å². The van der Waals surface area contributed by atoms with Gasteiger partial charge in [0.05, 0.1) is 42.4 Å². The molecule has 0 bridgehead atoms. The molecule has 1 aromatic heterocycles. The lowest BCUT2D eigenvalue weighted by Crippen LogP contribution is -2.12. The summed E-state index contributed by atoms with van der Waals surface area (Å²) in [5.74, 6) is 1.09. The fourth-order valence-corrected chi connectivity index (χ4v) is 2.71. The van der Waals surface area contributed by atoms with E-state index in [0.717, 1.165) is 0 Å². The summed E-state index contributed by atoms with van der Waals surface area (Å²) >= 11 is 0. The van der Waals surface area contributed by atoms with Gasteiger partial charge in [0.2, 0.25) is 0 Å². The van der Waals surface area contributed by atoms with E-state index in [-0.39, 0.29) is 12.2 Å². The van der Waals surface area contributed by atoms with Crippen molar-refractivity contribution in [3.8, 4) is 22.9 Å². The third kappa shape index (κ3) is 3.76. The van der Waals surface area contributed by atoms with E-state index in [4.69, 9.17) is 14.2 Å². The van der Waals surface area contributed by atoms with E-state index in [0.29, 0.717) is 46.0 Å². The number of H-pyrrole nitrogens is 1. The quantitative estimate of drug-likeness (QED) is 0.672. The van der Waals surface area contributed by atoms with Gasteiger partial charge in [0, 0.05) is 0 Å². The zero-order valence-corrected chi connectivity index (χ0v) is 15.4. The van der Waals surface area contributed by atoms with E-state index < -0.39 is 5.97 Å². The first kappa shape index (κ1) is 18.4. The number of methoxy groups -OCH3 is 1. The molecule has 1 heterocycles. The average Bonchev–Trinajstić information content (AvgIpc) is 2.68. The van der Waals surface area contributed by atoms with Gasteiger partial charge in [-0.15, -0.1) is 0 Å². The zero-order valence-electron chi connectivity index (χ0n) is 15.4. The van der Waals surface area contributed by atoms with Crippen molar-refractivity contribution in [1.82, 2.24) is 9.97 Å². The van der Waals surface area contributed by atoms with Crippen LogP contribution in [0, 0.1) is 0 Å². The molecule has 27 heavy (non-hydrogen) atoms. The highest BCUT2D eigenvalue weighted by Crippen LogP contribution is 2.31. The normalized spacial score (nSPS) is 10.6. The summed E-state index contributed by atoms with van der Waals surface area (Å²) in [6.45, 7) is 4.34. The van der Waals surface area contributed by atoms with Gasteiger partial charge in [-0.3, -0.25) is 4.79 Å². The second-order valence-corrected chi connectivity index (χ2v) is 5.66. The Morgan fingerprint density at radius 1 is 1.11 bits per heavy atom. The number of carbonyl (C=O) groups excluding carboxylic acids is 1. The Balaban J connectivity index is 2.13. The molecule has 1 N–H and O–H groups in total. The molecule has 0 aliphatic heterocycles. The number of rotatable bonds is 6. The van der Waals surface area contributed by atoms with E-state index in [9.17, 15) is 9.59 Å². The number of esters is 1. The molecule has 0 unspecified atom stereocenters. The van der Waals surface area contributed by atoms with Crippen molar-refractivity contribution in [3.05, 3.63) is 52.3 Å². The molecule has 0 saturated heterocycles. The molecule has 0 aliphatic carbocycles. The third-order valence-corrected chi connectivity index (χ3v) is 3.96. The van der Waals surface area contributed by atoms with Gasteiger partial charge >= 0.3 is 5.97 Å². The number of hydrogen-bond donors (Lipinski definition) is 1. The number of nitrogens with zero attached hydrogens (tertiary/aromatic N) is 1. The van der Waals surface area contributed by atoms with Gasteiger partial charge < -0.3 is 19.2 Å². The molecule has 0 spiro atoms. The van der Waals surface area contributed by atoms with Crippen LogP contribution < -0.4 is 15.0 Å². The van der Waals surface area contributed by atoms with Crippen LogP contribution in [-0.4, -0.2) is 36.3 Å². The Bertz CT molecular complexity index is 1040. The number of carbonyl (C=O) groups is 1. The highest BCUT2D eigenvalue weighted by molar-refractivity contribution is 5.94. The maximum Gasteiger partial charge on any atom is 0.338 e. The predicted molar refractivity (Wildman–Crippen MR) is 101 cm³/mol. The summed E-state index contributed by atoms with van der Waals surface area (Å²) in [5, 5.41) is 0.310. The van der Waals surface area contributed by atoms with Crippen molar-refractivity contribution in [1.29, 1.82) is 0 Å². The molecule has 3 aromatic rings. The summed E-state index contributed by atoms with van der Waals surface area (Å²) in [6, 6.07) is 10.00. The molecule has 2 aromatic carbocycles. The highest BCUT2D eigenvalue weighted by Gasteiger charge is 2.14. The number of aromatic amines is 1. The van der Waals surface area contributed by atoms with Gasteiger partial charge in [-0.2, -0.15) is 0 Å². The van der Waals surface area contributed by atoms with E-state index in [1.807, 2.05) is 6.92 Å². The Morgan fingerprint density at radius 2 is 1.93 bits per heavy atom. The van der Waals surface area contributed by atoms with Crippen molar-refractivity contribution >= 4 is 16.9 Å². The van der Waals surface area contributed by atoms with Crippen LogP contribution >= 0.6 is 0 Å². The topological polar surface area (TPSA) is 90.5 Å². The first-order valence-corrected chi connectivity index (χ1v) is 8.59. The minimum absolute atomic E-state index is 0.264. The smallest absolute Gasteiger partial charge is 0.338 e. The Labute approximate surface area is 155 Å². The molecule has 0 amide bonds. The molecular formula is C20H20N2O5. The van der Waals surface area contributed by atoms with Crippen molar-refractivity contribution in [2.24, 2.45) is 0 Å². The molecule has 0 radical (unpaired) electrons. The van der Waals surface area contributed by atoms with E-state index in [2.05, 4.69) is 9.97 Å². The largest absolute Gasteiger partial charge is 0.497 e. The lowest BCUT2D eigenvalue weighted by Gasteiger charge is -2.12. The molecule has 0 fully saturated rings. The standard InChI is InChI=1S/C20H20N2O5/c1-4-26-17-9-7-13(25-3)11-15(17)18-21-16-8-6-12(20(24)27-5-2)10-14(16)19(23)22-18/h6-11H,4-5H2,1-3H3,(H,21,22,23). The first-order chi connectivity index (χ1) is 13.1. The minimum Gasteiger partial charge on any atom is -0.497 e. The number of nitrogens with one attached hydrogen (secondary N) is 1. The van der Waals surface area contributed by atoms with Gasteiger partial charge in [-0.25, -0.2) is 9.78 Å². The van der Waals surface area contributed by atoms with E-state index in [1.54, 1.807) is 44.4 Å². The van der Waals surface area contributed by atoms with Crippen LogP contribution in [0.3, 0.4) is 0 Å². The van der Waals surface area contributed by atoms with Crippen LogP contribution in [0.15, 0.2) is 41.2 Å². The van der Waals surface area contributed by atoms with Crippen molar-refractivity contribution in [3.63, 3.8) is 0 Å². The Morgan fingerprint density at radius 3 is 2.63 bits per heavy atom. The lowest BCUT2D eigenvalue weighted by molar-refractivity contribution is 0.0526. The van der Waals surface area contributed by atoms with E-state index in [1.165, 1.54) is 6.07 Å². The Hall–Kier alpha value is -3.35. The predicted octanol–water partition coefficient (Wildman–Crippen LogP) is 3.17. The molecular weight excluding hydrogens is 348 g/mol.